The van der Waals surface area contributed by atoms with Crippen molar-refractivity contribution in [1.82, 2.24) is 0 Å². The Morgan fingerprint density at radius 1 is 1.04 bits per heavy atom. The van der Waals surface area contributed by atoms with Crippen LogP contribution in [0.2, 0.25) is 10.0 Å². The van der Waals surface area contributed by atoms with Gasteiger partial charge in [0.2, 0.25) is 5.91 Å². The van der Waals surface area contributed by atoms with Crippen molar-refractivity contribution >= 4 is 57.0 Å². The topological polar surface area (TPSA) is 58.2 Å². The van der Waals surface area contributed by atoms with Gasteiger partial charge in [-0.2, -0.15) is 0 Å². The number of amides is 2. The average Bonchev–Trinajstić information content (AvgIpc) is 2.82. The van der Waals surface area contributed by atoms with Crippen LogP contribution in [0.4, 0.5) is 10.7 Å². The molecule has 0 unspecified atom stereocenters. The number of anilines is 2. The molecule has 2 N–H and O–H groups in total. The molecule has 0 saturated heterocycles. The Balaban J connectivity index is 2.15. The fourth-order valence-electron chi connectivity index (χ4n) is 1.83. The van der Waals surface area contributed by atoms with E-state index in [9.17, 15) is 9.59 Å². The predicted molar refractivity (Wildman–Crippen MR) is 102 cm³/mol. The number of carbonyl (C=O) groups is 2. The maximum absolute atomic E-state index is 12.4. The molecule has 4 nitrogen and oxygen atoms in total. The molecule has 0 radical (unpaired) electrons. The standard InChI is InChI=1S/C17H18Cl2N2O2S/c1-9-7-13(21-16(23)17(2,3)4)24-14(9)15(22)20-10-5-6-11(18)12(19)8-10/h5-8H,1-4H3,(H,20,22)(H,21,23). The van der Waals surface area contributed by atoms with Crippen LogP contribution >= 0.6 is 34.5 Å². The van der Waals surface area contributed by atoms with E-state index < -0.39 is 5.41 Å². The maximum atomic E-state index is 12.4. The molecule has 0 fully saturated rings. The summed E-state index contributed by atoms with van der Waals surface area (Å²) in [6, 6.07) is 6.68. The number of hydrogen-bond acceptors (Lipinski definition) is 3. The largest absolute Gasteiger partial charge is 0.321 e. The molecule has 7 heteroatoms. The lowest BCUT2D eigenvalue weighted by atomic mass is 9.96. The van der Waals surface area contributed by atoms with Gasteiger partial charge in [-0.05, 0) is 36.8 Å². The number of thiophene rings is 1. The van der Waals surface area contributed by atoms with Gasteiger partial charge >= 0.3 is 0 Å². The van der Waals surface area contributed by atoms with Crippen molar-refractivity contribution in [3.8, 4) is 0 Å². The second-order valence-corrected chi connectivity index (χ2v) is 8.28. The second kappa shape index (κ2) is 7.13. The van der Waals surface area contributed by atoms with Crippen molar-refractivity contribution < 1.29 is 9.59 Å². The lowest BCUT2D eigenvalue weighted by molar-refractivity contribution is -0.123. The molecule has 0 aliphatic rings. The van der Waals surface area contributed by atoms with Crippen molar-refractivity contribution in [2.24, 2.45) is 5.41 Å². The first kappa shape index (κ1) is 18.8. The minimum atomic E-state index is -0.500. The van der Waals surface area contributed by atoms with Crippen molar-refractivity contribution in [3.05, 3.63) is 44.8 Å². The summed E-state index contributed by atoms with van der Waals surface area (Å²) in [7, 11) is 0. The zero-order valence-corrected chi connectivity index (χ0v) is 16.1. The molecule has 2 amide bonds. The van der Waals surface area contributed by atoms with E-state index in [1.165, 1.54) is 11.3 Å². The summed E-state index contributed by atoms with van der Waals surface area (Å²) in [4.78, 5) is 25.0. The van der Waals surface area contributed by atoms with E-state index in [4.69, 9.17) is 23.2 Å². The monoisotopic (exact) mass is 384 g/mol. The van der Waals surface area contributed by atoms with Crippen LogP contribution in [0.5, 0.6) is 0 Å². The van der Waals surface area contributed by atoms with Crippen LogP contribution in [-0.2, 0) is 4.79 Å². The molecule has 0 atom stereocenters. The molecule has 0 aliphatic heterocycles. The molecule has 0 spiro atoms. The van der Waals surface area contributed by atoms with Crippen molar-refractivity contribution in [3.63, 3.8) is 0 Å². The molecule has 24 heavy (non-hydrogen) atoms. The van der Waals surface area contributed by atoms with Gasteiger partial charge in [0.1, 0.15) is 0 Å². The Hall–Kier alpha value is -1.56. The highest BCUT2D eigenvalue weighted by Gasteiger charge is 2.23. The minimum Gasteiger partial charge on any atom is -0.321 e. The molecule has 1 aromatic carbocycles. The highest BCUT2D eigenvalue weighted by Crippen LogP contribution is 2.30. The number of rotatable bonds is 3. The molecule has 1 aromatic heterocycles. The molecule has 0 aliphatic carbocycles. The van der Waals surface area contributed by atoms with Gasteiger partial charge in [-0.1, -0.05) is 44.0 Å². The highest BCUT2D eigenvalue weighted by atomic mass is 35.5. The van der Waals surface area contributed by atoms with Crippen molar-refractivity contribution in [2.45, 2.75) is 27.7 Å². The molecule has 0 bridgehead atoms. The SMILES string of the molecule is Cc1cc(NC(=O)C(C)(C)C)sc1C(=O)Nc1ccc(Cl)c(Cl)c1. The van der Waals surface area contributed by atoms with Gasteiger partial charge in [0, 0.05) is 11.1 Å². The summed E-state index contributed by atoms with van der Waals surface area (Å²) in [6.07, 6.45) is 0. The second-order valence-electron chi connectivity index (χ2n) is 6.41. The Labute approximate surface area is 155 Å². The first-order chi connectivity index (χ1) is 11.1. The summed E-state index contributed by atoms with van der Waals surface area (Å²) >= 11 is 13.1. The van der Waals surface area contributed by atoms with Crippen LogP contribution in [0.15, 0.2) is 24.3 Å². The van der Waals surface area contributed by atoms with Gasteiger partial charge in [0.05, 0.1) is 19.9 Å². The third-order valence-corrected chi connectivity index (χ3v) is 5.11. The molecule has 2 rings (SSSR count). The fourth-order valence-corrected chi connectivity index (χ4v) is 3.09. The van der Waals surface area contributed by atoms with Gasteiger partial charge in [-0.3, -0.25) is 9.59 Å². The smallest absolute Gasteiger partial charge is 0.266 e. The molecule has 2 aromatic rings. The summed E-state index contributed by atoms with van der Waals surface area (Å²) in [5, 5.41) is 7.06. The van der Waals surface area contributed by atoms with E-state index in [0.717, 1.165) is 5.56 Å². The number of halogens is 2. The van der Waals surface area contributed by atoms with Crippen LogP contribution in [0.25, 0.3) is 0 Å². The quantitative estimate of drug-likeness (QED) is 0.723. The Kier molecular flexibility index (Phi) is 5.58. The maximum Gasteiger partial charge on any atom is 0.266 e. The van der Waals surface area contributed by atoms with E-state index in [2.05, 4.69) is 10.6 Å². The van der Waals surface area contributed by atoms with Gasteiger partial charge in [0.15, 0.2) is 0 Å². The van der Waals surface area contributed by atoms with Gasteiger partial charge in [-0.25, -0.2) is 0 Å². The number of hydrogen-bond donors (Lipinski definition) is 2. The molecular formula is C17H18Cl2N2O2S. The number of aryl methyl sites for hydroxylation is 1. The van der Waals surface area contributed by atoms with E-state index in [-0.39, 0.29) is 11.8 Å². The Morgan fingerprint density at radius 2 is 1.71 bits per heavy atom. The molecule has 1 heterocycles. The van der Waals surface area contributed by atoms with Crippen LogP contribution in [0.3, 0.4) is 0 Å². The van der Waals surface area contributed by atoms with Crippen molar-refractivity contribution in [2.75, 3.05) is 10.6 Å². The molecular weight excluding hydrogens is 367 g/mol. The molecule has 128 valence electrons. The normalized spacial score (nSPS) is 11.2. The lowest BCUT2D eigenvalue weighted by Gasteiger charge is -2.16. The van der Waals surface area contributed by atoms with E-state index in [1.54, 1.807) is 24.3 Å². The molecule has 0 saturated carbocycles. The van der Waals surface area contributed by atoms with Crippen molar-refractivity contribution in [1.29, 1.82) is 0 Å². The zero-order valence-electron chi connectivity index (χ0n) is 13.8. The summed E-state index contributed by atoms with van der Waals surface area (Å²) in [6.45, 7) is 7.33. The zero-order chi connectivity index (χ0) is 18.1. The number of nitrogens with one attached hydrogen (secondary N) is 2. The summed E-state index contributed by atoms with van der Waals surface area (Å²) in [5.74, 6) is -0.354. The summed E-state index contributed by atoms with van der Waals surface area (Å²) in [5.41, 5.74) is 0.852. The third kappa shape index (κ3) is 4.50. The predicted octanol–water partition coefficient (Wildman–Crippen LogP) is 5.60. The van der Waals surface area contributed by atoms with Crippen LogP contribution in [-0.4, -0.2) is 11.8 Å². The number of carbonyl (C=O) groups excluding carboxylic acids is 2. The first-order valence-electron chi connectivity index (χ1n) is 7.26. The first-order valence-corrected chi connectivity index (χ1v) is 8.83. The Bertz CT molecular complexity index is 794. The fraction of sp³-hybridized carbons (Fsp3) is 0.294. The number of benzene rings is 1. The third-order valence-electron chi connectivity index (χ3n) is 3.22. The van der Waals surface area contributed by atoms with Gasteiger partial charge in [0.25, 0.3) is 5.91 Å². The van der Waals surface area contributed by atoms with Gasteiger partial charge in [-0.15, -0.1) is 11.3 Å². The Morgan fingerprint density at radius 3 is 2.29 bits per heavy atom. The average molecular weight is 385 g/mol. The van der Waals surface area contributed by atoms with Gasteiger partial charge < -0.3 is 10.6 Å². The lowest BCUT2D eigenvalue weighted by Crippen LogP contribution is -2.27. The van der Waals surface area contributed by atoms with E-state index in [1.807, 2.05) is 27.7 Å². The minimum absolute atomic E-state index is 0.0970. The van der Waals surface area contributed by atoms with Crippen LogP contribution < -0.4 is 10.6 Å². The van der Waals surface area contributed by atoms with Crippen LogP contribution in [0, 0.1) is 12.3 Å². The van der Waals surface area contributed by atoms with E-state index in [0.29, 0.717) is 25.6 Å². The van der Waals surface area contributed by atoms with Crippen LogP contribution in [0.1, 0.15) is 36.0 Å². The summed E-state index contributed by atoms with van der Waals surface area (Å²) < 4.78 is 0. The van der Waals surface area contributed by atoms with E-state index >= 15 is 0 Å². The highest BCUT2D eigenvalue weighted by molar-refractivity contribution is 7.18.